The molecule has 0 aromatic heterocycles. The molecule has 3 rings (SSSR count). The second kappa shape index (κ2) is 9.80. The zero-order chi connectivity index (χ0) is 20.8. The number of hydrogen-bond acceptors (Lipinski definition) is 4. The van der Waals surface area contributed by atoms with Gasteiger partial charge in [0.25, 0.3) is 0 Å². The highest BCUT2D eigenvalue weighted by atomic mass is 19.3. The van der Waals surface area contributed by atoms with Gasteiger partial charge in [0.15, 0.2) is 0 Å². The summed E-state index contributed by atoms with van der Waals surface area (Å²) < 4.78 is 35.8. The van der Waals surface area contributed by atoms with Crippen LogP contribution in [0.1, 0.15) is 34.3 Å². The molecule has 29 heavy (non-hydrogen) atoms. The normalized spacial score (nSPS) is 19.5. The Kier molecular flexibility index (Phi) is 7.17. The fraction of sp³-hybridized carbons (Fsp3) is 0.409. The lowest BCUT2D eigenvalue weighted by atomic mass is 9.98. The van der Waals surface area contributed by atoms with Crippen LogP contribution in [0.25, 0.3) is 0 Å². The van der Waals surface area contributed by atoms with Gasteiger partial charge in [-0.25, -0.2) is 4.79 Å². The Morgan fingerprint density at radius 3 is 2.62 bits per heavy atom. The molecule has 0 spiro atoms. The zero-order valence-electron chi connectivity index (χ0n) is 16.3. The highest BCUT2D eigenvalue weighted by Crippen LogP contribution is 2.29. The number of benzene rings is 2. The van der Waals surface area contributed by atoms with Gasteiger partial charge in [-0.2, -0.15) is 8.78 Å². The number of carbonyl (C=O) groups is 1. The topological polar surface area (TPSA) is 59.0 Å². The minimum Gasteiger partial charge on any atom is -0.478 e. The fourth-order valence-electron chi connectivity index (χ4n) is 3.66. The molecule has 2 aromatic rings. The van der Waals surface area contributed by atoms with E-state index in [9.17, 15) is 18.7 Å². The number of alkyl halides is 2. The average molecular weight is 405 g/mol. The lowest BCUT2D eigenvalue weighted by Gasteiger charge is -2.41. The van der Waals surface area contributed by atoms with Crippen molar-refractivity contribution >= 4 is 11.7 Å². The lowest BCUT2D eigenvalue weighted by molar-refractivity contribution is -0.134. The summed E-state index contributed by atoms with van der Waals surface area (Å²) in [5.41, 5.74) is 2.70. The predicted octanol–water partition coefficient (Wildman–Crippen LogP) is 4.49. The first-order valence-corrected chi connectivity index (χ1v) is 9.60. The van der Waals surface area contributed by atoms with Crippen LogP contribution in [0.2, 0.25) is 0 Å². The van der Waals surface area contributed by atoms with Gasteiger partial charge in [0, 0.05) is 12.2 Å². The molecule has 156 valence electrons. The van der Waals surface area contributed by atoms with Crippen molar-refractivity contribution in [3.8, 4) is 0 Å². The second-order valence-electron chi connectivity index (χ2n) is 7.20. The Morgan fingerprint density at radius 2 is 1.97 bits per heavy atom. The number of piperidine rings is 1. The molecule has 5 nitrogen and oxygen atoms in total. The van der Waals surface area contributed by atoms with Gasteiger partial charge in [-0.05, 0) is 49.1 Å². The minimum atomic E-state index is -2.82. The molecule has 0 amide bonds. The fourth-order valence-corrected chi connectivity index (χ4v) is 3.66. The van der Waals surface area contributed by atoms with Gasteiger partial charge in [-0.3, -0.25) is 0 Å². The third-order valence-electron chi connectivity index (χ3n) is 5.18. The molecule has 0 aliphatic carbocycles. The highest BCUT2D eigenvalue weighted by molar-refractivity contribution is 5.89. The van der Waals surface area contributed by atoms with Crippen molar-refractivity contribution < 1.29 is 28.2 Å². The molecule has 0 saturated carbocycles. The Bertz CT molecular complexity index is 816. The van der Waals surface area contributed by atoms with E-state index in [1.165, 1.54) is 0 Å². The van der Waals surface area contributed by atoms with E-state index in [1.807, 2.05) is 35.2 Å². The van der Waals surface area contributed by atoms with Crippen molar-refractivity contribution in [3.63, 3.8) is 0 Å². The monoisotopic (exact) mass is 405 g/mol. The van der Waals surface area contributed by atoms with E-state index < -0.39 is 12.6 Å². The number of anilines is 1. The van der Waals surface area contributed by atoms with E-state index in [-0.39, 0.29) is 24.3 Å². The Morgan fingerprint density at radius 1 is 1.21 bits per heavy atom. The summed E-state index contributed by atoms with van der Waals surface area (Å²) in [5, 5.41) is 9.25. The van der Waals surface area contributed by atoms with Crippen LogP contribution in [0.4, 0.5) is 14.5 Å². The van der Waals surface area contributed by atoms with Gasteiger partial charge >= 0.3 is 12.6 Å². The number of aryl methyl sites for hydroxylation is 1. The molecule has 1 aliphatic heterocycles. The SMILES string of the molecule is Cc1cc(N2C[C@@H](OCc3ccccc3)CC[C@H]2COC(F)F)ccc1C(=O)O. The number of aromatic carboxylic acids is 1. The second-order valence-corrected chi connectivity index (χ2v) is 7.20. The Labute approximate surface area is 168 Å². The minimum absolute atomic E-state index is 0.0579. The molecule has 1 aliphatic rings. The largest absolute Gasteiger partial charge is 0.478 e. The molecule has 1 fully saturated rings. The molecule has 0 unspecified atom stereocenters. The van der Waals surface area contributed by atoms with E-state index in [2.05, 4.69) is 4.74 Å². The van der Waals surface area contributed by atoms with Crippen molar-refractivity contribution in [1.82, 2.24) is 0 Å². The van der Waals surface area contributed by atoms with Crippen LogP contribution in [-0.4, -0.2) is 43.0 Å². The maximum Gasteiger partial charge on any atom is 0.345 e. The molecule has 1 heterocycles. The first kappa shape index (κ1) is 21.2. The first-order valence-electron chi connectivity index (χ1n) is 9.60. The van der Waals surface area contributed by atoms with Crippen LogP contribution < -0.4 is 4.90 Å². The standard InChI is InChI=1S/C22H25F2NO4/c1-15-11-17(8-10-20(15)21(26)27)25-12-19(9-7-18(25)14-29-22(23)24)28-13-16-5-3-2-4-6-16/h2-6,8,10-11,18-19,22H,7,9,12-14H2,1H3,(H,26,27)/t18-,19-/m0/s1. The number of carboxylic acids is 1. The predicted molar refractivity (Wildman–Crippen MR) is 105 cm³/mol. The van der Waals surface area contributed by atoms with E-state index in [0.717, 1.165) is 17.7 Å². The van der Waals surface area contributed by atoms with Crippen molar-refractivity contribution in [2.45, 2.75) is 45.1 Å². The van der Waals surface area contributed by atoms with Gasteiger partial charge in [-0.15, -0.1) is 0 Å². The van der Waals surface area contributed by atoms with Crippen molar-refractivity contribution in [1.29, 1.82) is 0 Å². The molecule has 2 atom stereocenters. The molecular weight excluding hydrogens is 380 g/mol. The maximum atomic E-state index is 12.6. The molecular formula is C22H25F2NO4. The van der Waals surface area contributed by atoms with Crippen molar-refractivity contribution in [2.75, 3.05) is 18.1 Å². The highest BCUT2D eigenvalue weighted by Gasteiger charge is 2.30. The van der Waals surface area contributed by atoms with Gasteiger partial charge in [0.2, 0.25) is 0 Å². The van der Waals surface area contributed by atoms with Gasteiger partial charge in [0.05, 0.1) is 30.9 Å². The molecule has 0 radical (unpaired) electrons. The summed E-state index contributed by atoms with van der Waals surface area (Å²) in [5.74, 6) is -0.991. The van der Waals surface area contributed by atoms with Crippen LogP contribution in [0, 0.1) is 6.92 Å². The summed E-state index contributed by atoms with van der Waals surface area (Å²) >= 11 is 0. The number of halogens is 2. The lowest BCUT2D eigenvalue weighted by Crippen LogP contribution is -2.49. The van der Waals surface area contributed by atoms with Gasteiger partial charge in [0.1, 0.15) is 0 Å². The molecule has 0 bridgehead atoms. The van der Waals surface area contributed by atoms with E-state index in [4.69, 9.17) is 4.74 Å². The Hall–Kier alpha value is -2.51. The smallest absolute Gasteiger partial charge is 0.345 e. The first-order chi connectivity index (χ1) is 13.9. The number of hydrogen-bond donors (Lipinski definition) is 1. The third kappa shape index (κ3) is 5.74. The summed E-state index contributed by atoms with van der Waals surface area (Å²) in [7, 11) is 0. The van der Waals surface area contributed by atoms with Gasteiger partial charge < -0.3 is 19.5 Å². The molecule has 1 N–H and O–H groups in total. The molecule has 1 saturated heterocycles. The van der Waals surface area contributed by atoms with E-state index in [0.29, 0.717) is 25.1 Å². The van der Waals surface area contributed by atoms with Crippen LogP contribution in [-0.2, 0) is 16.1 Å². The number of carboxylic acid groups (broad SMARTS) is 1. The average Bonchev–Trinajstić information content (AvgIpc) is 2.71. The Balaban J connectivity index is 1.74. The molecule has 2 aromatic carbocycles. The third-order valence-corrected chi connectivity index (χ3v) is 5.18. The molecule has 7 heteroatoms. The summed E-state index contributed by atoms with van der Waals surface area (Å²) in [6.45, 7) is -0.182. The summed E-state index contributed by atoms with van der Waals surface area (Å²) in [4.78, 5) is 13.3. The van der Waals surface area contributed by atoms with Crippen LogP contribution >= 0.6 is 0 Å². The van der Waals surface area contributed by atoms with Gasteiger partial charge in [-0.1, -0.05) is 30.3 Å². The van der Waals surface area contributed by atoms with Crippen molar-refractivity contribution in [2.24, 2.45) is 0 Å². The van der Waals surface area contributed by atoms with Crippen LogP contribution in [0.3, 0.4) is 0 Å². The quantitative estimate of drug-likeness (QED) is 0.701. The van der Waals surface area contributed by atoms with Crippen LogP contribution in [0.15, 0.2) is 48.5 Å². The van der Waals surface area contributed by atoms with E-state index in [1.54, 1.807) is 25.1 Å². The van der Waals surface area contributed by atoms with Crippen LogP contribution in [0.5, 0.6) is 0 Å². The zero-order valence-corrected chi connectivity index (χ0v) is 16.3. The van der Waals surface area contributed by atoms with Crippen molar-refractivity contribution in [3.05, 3.63) is 65.2 Å². The maximum absolute atomic E-state index is 12.6. The summed E-state index contributed by atoms with van der Waals surface area (Å²) in [6, 6.07) is 14.7. The number of ether oxygens (including phenoxy) is 2. The number of rotatable bonds is 8. The summed E-state index contributed by atoms with van der Waals surface area (Å²) in [6.07, 6.45) is 1.33. The number of nitrogens with zero attached hydrogens (tertiary/aromatic N) is 1. The van der Waals surface area contributed by atoms with E-state index >= 15 is 0 Å².